The highest BCUT2D eigenvalue weighted by atomic mass is 79.9. The molecule has 1 atom stereocenters. The number of nitrogens with zero attached hydrogens (tertiary/aromatic N) is 1. The molecule has 2 amide bonds. The van der Waals surface area contributed by atoms with Gasteiger partial charge in [-0.3, -0.25) is 9.59 Å². The summed E-state index contributed by atoms with van der Waals surface area (Å²) in [6.45, 7) is 2.22. The number of halogens is 2. The molecule has 3 rings (SSSR count). The summed E-state index contributed by atoms with van der Waals surface area (Å²) >= 11 is 11.3. The summed E-state index contributed by atoms with van der Waals surface area (Å²) in [5, 5.41) is 3.88. The Hall–Kier alpha value is -1.50. The van der Waals surface area contributed by atoms with Gasteiger partial charge >= 0.3 is 0 Å². The molecule has 7 heteroatoms. The fourth-order valence-electron chi connectivity index (χ4n) is 3.93. The molecule has 0 bridgehead atoms. The van der Waals surface area contributed by atoms with Crippen LogP contribution in [0, 0.1) is 0 Å². The topological polar surface area (TPSA) is 49.4 Å². The number of rotatable bonds is 9. The third kappa shape index (κ3) is 7.53. The number of carbonyl (C=O) groups is 2. The van der Waals surface area contributed by atoms with E-state index < -0.39 is 6.04 Å². The van der Waals surface area contributed by atoms with Crippen molar-refractivity contribution < 1.29 is 9.59 Å². The van der Waals surface area contributed by atoms with Gasteiger partial charge in [0.25, 0.3) is 0 Å². The molecule has 172 valence electrons. The van der Waals surface area contributed by atoms with Crippen molar-refractivity contribution in [3.05, 3.63) is 69.2 Å². The van der Waals surface area contributed by atoms with Crippen LogP contribution in [0.15, 0.2) is 53.0 Å². The first-order valence-corrected chi connectivity index (χ1v) is 13.4. The predicted molar refractivity (Wildman–Crippen MR) is 137 cm³/mol. The minimum atomic E-state index is -0.538. The molecular weight excluding hydrogens is 508 g/mol. The van der Waals surface area contributed by atoms with Crippen molar-refractivity contribution in [2.75, 3.05) is 5.75 Å². The lowest BCUT2D eigenvalue weighted by Crippen LogP contribution is -2.50. The van der Waals surface area contributed by atoms with Crippen LogP contribution in [-0.4, -0.2) is 34.6 Å². The van der Waals surface area contributed by atoms with E-state index in [1.165, 1.54) is 18.2 Å². The fraction of sp³-hybridized carbons (Fsp3) is 0.440. The Morgan fingerprint density at radius 2 is 1.91 bits per heavy atom. The summed E-state index contributed by atoms with van der Waals surface area (Å²) in [6.07, 6.45) is 5.58. The van der Waals surface area contributed by atoms with Gasteiger partial charge in [0.15, 0.2) is 0 Å². The minimum Gasteiger partial charge on any atom is -0.352 e. The van der Waals surface area contributed by atoms with Gasteiger partial charge in [-0.05, 0) is 49.1 Å². The van der Waals surface area contributed by atoms with E-state index in [1.54, 1.807) is 4.90 Å². The third-order valence-corrected chi connectivity index (χ3v) is 7.63. The van der Waals surface area contributed by atoms with Crippen LogP contribution in [0.4, 0.5) is 0 Å². The zero-order valence-electron chi connectivity index (χ0n) is 18.4. The van der Waals surface area contributed by atoms with Crippen LogP contribution >= 0.6 is 39.3 Å². The van der Waals surface area contributed by atoms with Crippen molar-refractivity contribution in [2.24, 2.45) is 0 Å². The van der Waals surface area contributed by atoms with Gasteiger partial charge in [0.05, 0.1) is 5.75 Å². The maximum atomic E-state index is 13.2. The Morgan fingerprint density at radius 1 is 1.16 bits per heavy atom. The second-order valence-electron chi connectivity index (χ2n) is 8.26. The van der Waals surface area contributed by atoms with Crippen LogP contribution in [0.2, 0.25) is 5.02 Å². The van der Waals surface area contributed by atoms with Gasteiger partial charge in [0.2, 0.25) is 11.8 Å². The van der Waals surface area contributed by atoms with Crippen molar-refractivity contribution >= 4 is 51.1 Å². The normalized spacial score (nSPS) is 15.2. The van der Waals surface area contributed by atoms with Crippen LogP contribution in [0.1, 0.15) is 50.2 Å². The first-order valence-electron chi connectivity index (χ1n) is 11.1. The van der Waals surface area contributed by atoms with E-state index in [-0.39, 0.29) is 17.9 Å². The van der Waals surface area contributed by atoms with Crippen LogP contribution < -0.4 is 5.32 Å². The predicted octanol–water partition coefficient (Wildman–Crippen LogP) is 6.20. The standard InChI is InChI=1S/C25H30BrClN2O2S/c1-18(25(31)28-22-11-3-2-4-12-22)29(15-19-8-7-10-21(26)14-19)24(30)17-32-16-20-9-5-6-13-23(20)27/h5-10,13-14,18,22H,2-4,11-12,15-17H2,1H3,(H,28,31)/t18-/m0/s1. The Kier molecular flexibility index (Phi) is 9.94. The molecule has 0 spiro atoms. The largest absolute Gasteiger partial charge is 0.352 e. The number of hydrogen-bond acceptors (Lipinski definition) is 3. The summed E-state index contributed by atoms with van der Waals surface area (Å²) in [5.74, 6) is 0.823. The summed E-state index contributed by atoms with van der Waals surface area (Å²) in [6, 6.07) is 15.2. The summed E-state index contributed by atoms with van der Waals surface area (Å²) in [7, 11) is 0. The Balaban J connectivity index is 1.66. The number of benzene rings is 2. The molecule has 1 saturated carbocycles. The Bertz CT molecular complexity index is 920. The lowest BCUT2D eigenvalue weighted by Gasteiger charge is -2.31. The van der Waals surface area contributed by atoms with Gasteiger partial charge < -0.3 is 10.2 Å². The lowest BCUT2D eigenvalue weighted by atomic mass is 9.95. The summed E-state index contributed by atoms with van der Waals surface area (Å²) in [4.78, 5) is 27.9. The maximum absolute atomic E-state index is 13.2. The molecule has 1 N–H and O–H groups in total. The molecule has 4 nitrogen and oxygen atoms in total. The van der Waals surface area contributed by atoms with E-state index >= 15 is 0 Å². The number of nitrogens with one attached hydrogen (secondary N) is 1. The highest BCUT2D eigenvalue weighted by Gasteiger charge is 2.28. The van der Waals surface area contributed by atoms with Gasteiger partial charge in [0.1, 0.15) is 6.04 Å². The molecule has 0 saturated heterocycles. The van der Waals surface area contributed by atoms with Crippen LogP contribution in [0.3, 0.4) is 0 Å². The van der Waals surface area contributed by atoms with Gasteiger partial charge in [-0.1, -0.05) is 77.1 Å². The Morgan fingerprint density at radius 3 is 2.62 bits per heavy atom. The lowest BCUT2D eigenvalue weighted by molar-refractivity contribution is -0.139. The van der Waals surface area contributed by atoms with E-state index in [1.807, 2.05) is 55.5 Å². The highest BCUT2D eigenvalue weighted by molar-refractivity contribution is 9.10. The molecule has 0 aliphatic heterocycles. The molecule has 0 radical (unpaired) electrons. The van der Waals surface area contributed by atoms with E-state index in [0.717, 1.165) is 41.3 Å². The average Bonchev–Trinajstić information content (AvgIpc) is 2.79. The monoisotopic (exact) mass is 536 g/mol. The van der Waals surface area contributed by atoms with E-state index in [0.29, 0.717) is 23.1 Å². The van der Waals surface area contributed by atoms with Gasteiger partial charge in [-0.15, -0.1) is 11.8 Å². The average molecular weight is 538 g/mol. The van der Waals surface area contributed by atoms with E-state index in [4.69, 9.17) is 11.6 Å². The van der Waals surface area contributed by atoms with Gasteiger partial charge in [0, 0.05) is 27.8 Å². The molecule has 1 aliphatic carbocycles. The second-order valence-corrected chi connectivity index (χ2v) is 10.6. The molecule has 0 unspecified atom stereocenters. The quantitative estimate of drug-likeness (QED) is 0.414. The highest BCUT2D eigenvalue weighted by Crippen LogP contribution is 2.23. The minimum absolute atomic E-state index is 0.0478. The Labute approximate surface area is 208 Å². The molecular formula is C25H30BrClN2O2S. The molecule has 2 aromatic rings. The smallest absolute Gasteiger partial charge is 0.242 e. The number of carbonyl (C=O) groups excluding carboxylic acids is 2. The second kappa shape index (κ2) is 12.7. The van der Waals surface area contributed by atoms with Crippen molar-refractivity contribution in [3.63, 3.8) is 0 Å². The SMILES string of the molecule is C[C@@H](C(=O)NC1CCCCC1)N(Cc1cccc(Br)c1)C(=O)CSCc1ccccc1Cl. The first kappa shape index (κ1) is 25.1. The van der Waals surface area contributed by atoms with Gasteiger partial charge in [-0.2, -0.15) is 0 Å². The molecule has 0 heterocycles. The zero-order chi connectivity index (χ0) is 22.9. The zero-order valence-corrected chi connectivity index (χ0v) is 21.5. The van der Waals surface area contributed by atoms with Crippen LogP contribution in [-0.2, 0) is 21.9 Å². The van der Waals surface area contributed by atoms with Crippen LogP contribution in [0.5, 0.6) is 0 Å². The van der Waals surface area contributed by atoms with E-state index in [9.17, 15) is 9.59 Å². The van der Waals surface area contributed by atoms with Gasteiger partial charge in [-0.25, -0.2) is 0 Å². The van der Waals surface area contributed by atoms with E-state index in [2.05, 4.69) is 21.2 Å². The van der Waals surface area contributed by atoms with Crippen molar-refractivity contribution in [1.29, 1.82) is 0 Å². The fourth-order valence-corrected chi connectivity index (χ4v) is 5.57. The molecule has 0 aromatic heterocycles. The molecule has 1 aliphatic rings. The van der Waals surface area contributed by atoms with Crippen molar-refractivity contribution in [1.82, 2.24) is 10.2 Å². The maximum Gasteiger partial charge on any atom is 0.242 e. The third-order valence-electron chi connectivity index (χ3n) is 5.80. The molecule has 32 heavy (non-hydrogen) atoms. The first-order chi connectivity index (χ1) is 15.4. The number of thioether (sulfide) groups is 1. The van der Waals surface area contributed by atoms with Crippen molar-refractivity contribution in [2.45, 2.75) is 63.4 Å². The number of amides is 2. The molecule has 1 fully saturated rings. The van der Waals surface area contributed by atoms with Crippen LogP contribution in [0.25, 0.3) is 0 Å². The summed E-state index contributed by atoms with van der Waals surface area (Å²) < 4.78 is 0.954. The number of hydrogen-bond donors (Lipinski definition) is 1. The summed E-state index contributed by atoms with van der Waals surface area (Å²) in [5.41, 5.74) is 2.00. The molecule has 2 aromatic carbocycles. The van der Waals surface area contributed by atoms with Crippen molar-refractivity contribution in [3.8, 4) is 0 Å².